The minimum atomic E-state index is -0.539. The van der Waals surface area contributed by atoms with Gasteiger partial charge in [-0.1, -0.05) is 194 Å². The average Bonchev–Trinajstić information content (AvgIpc) is 3.17. The highest BCUT2D eigenvalue weighted by Crippen LogP contribution is 2.19. The molecule has 7 N–H and O–H groups in total. The van der Waals surface area contributed by atoms with Crippen LogP contribution in [0.2, 0.25) is 0 Å². The fourth-order valence-corrected chi connectivity index (χ4v) is 7.35. The quantitative estimate of drug-likeness (QED) is 0.0392. The molecule has 0 saturated carbocycles. The van der Waals surface area contributed by atoms with Crippen LogP contribution in [0.3, 0.4) is 0 Å². The van der Waals surface area contributed by atoms with Crippen molar-refractivity contribution >= 4 is 12.0 Å². The first kappa shape index (κ1) is 52.6. The molecule has 0 aliphatic carbocycles. The number of nitrogens with one attached hydrogen (secondary N) is 3. The number of rotatable bonds is 44. The van der Waals surface area contributed by atoms with E-state index >= 15 is 0 Å². The zero-order valence-electron chi connectivity index (χ0n) is 36.3. The van der Waals surface area contributed by atoms with Crippen molar-refractivity contribution in [3.05, 3.63) is 0 Å². The zero-order valence-corrected chi connectivity index (χ0v) is 36.3. The second-order valence-corrected chi connectivity index (χ2v) is 16.4. The van der Waals surface area contributed by atoms with Crippen molar-refractivity contribution in [3.8, 4) is 0 Å². The number of hydrogen-bond donors (Lipinski definition) is 5. The molecule has 0 saturated heterocycles. The molecule has 0 aliphatic heterocycles. The Morgan fingerprint density at radius 1 is 0.444 bits per heavy atom. The van der Waals surface area contributed by atoms with E-state index in [9.17, 15) is 9.59 Å². The first-order chi connectivity index (χ1) is 26.5. The lowest BCUT2D eigenvalue weighted by Gasteiger charge is -2.19. The Morgan fingerprint density at radius 2 is 0.796 bits per heavy atom. The predicted molar refractivity (Wildman–Crippen MR) is 234 cm³/mol. The van der Waals surface area contributed by atoms with Crippen molar-refractivity contribution < 1.29 is 14.3 Å². The summed E-state index contributed by atoms with van der Waals surface area (Å²) >= 11 is 0. The van der Waals surface area contributed by atoms with Crippen LogP contribution in [0, 0.1) is 0 Å². The van der Waals surface area contributed by atoms with Gasteiger partial charge in [0.1, 0.15) is 6.10 Å². The summed E-state index contributed by atoms with van der Waals surface area (Å²) in [5.74, 6) is -0.175. The van der Waals surface area contributed by atoms with Gasteiger partial charge in [-0.05, 0) is 64.6 Å². The summed E-state index contributed by atoms with van der Waals surface area (Å²) in [5, 5.41) is 9.01. The van der Waals surface area contributed by atoms with Crippen LogP contribution in [-0.4, -0.2) is 56.9 Å². The molecular weight excluding hydrogens is 671 g/mol. The number of unbranched alkanes of at least 4 members (excludes halogenated alkanes) is 28. The Bertz CT molecular complexity index is 737. The van der Waals surface area contributed by atoms with Gasteiger partial charge in [0.2, 0.25) is 5.91 Å². The topological polar surface area (TPSA) is 132 Å². The van der Waals surface area contributed by atoms with Gasteiger partial charge in [-0.25, -0.2) is 4.79 Å². The maximum absolute atomic E-state index is 12.7. The second-order valence-electron chi connectivity index (χ2n) is 16.4. The van der Waals surface area contributed by atoms with Gasteiger partial charge >= 0.3 is 6.09 Å². The maximum Gasteiger partial charge on any atom is 0.407 e. The number of carbonyl (C=O) groups excluding carboxylic acids is 2. The molecule has 0 heterocycles. The SMILES string of the molecule is CCCCCCCCCCCCCCCCCC(CCCCCCCCCCCCCCCCC)OC(=O)NCCNC(=O)C(N)CCCNCCCN. The van der Waals surface area contributed by atoms with E-state index in [1.807, 2.05) is 0 Å². The van der Waals surface area contributed by atoms with E-state index in [2.05, 4.69) is 29.8 Å². The molecule has 0 bridgehead atoms. The predicted octanol–water partition coefficient (Wildman–Crippen LogP) is 11.8. The van der Waals surface area contributed by atoms with Gasteiger partial charge in [-0.3, -0.25) is 4.79 Å². The van der Waals surface area contributed by atoms with E-state index in [-0.39, 0.29) is 18.1 Å². The number of nitrogens with two attached hydrogens (primary N) is 2. The third kappa shape index (κ3) is 40.3. The zero-order chi connectivity index (χ0) is 39.4. The van der Waals surface area contributed by atoms with Crippen LogP contribution in [0.15, 0.2) is 0 Å². The molecule has 0 aromatic rings. The number of carbonyl (C=O) groups is 2. The number of ether oxygens (including phenoxy) is 1. The van der Waals surface area contributed by atoms with E-state index in [0.29, 0.717) is 26.1 Å². The first-order valence-electron chi connectivity index (χ1n) is 23.9. The monoisotopic (exact) mass is 766 g/mol. The Hall–Kier alpha value is -1.38. The second kappa shape index (κ2) is 44.3. The molecule has 322 valence electrons. The van der Waals surface area contributed by atoms with Gasteiger partial charge in [0.25, 0.3) is 0 Å². The van der Waals surface area contributed by atoms with E-state index in [1.54, 1.807) is 0 Å². The molecule has 54 heavy (non-hydrogen) atoms. The summed E-state index contributed by atoms with van der Waals surface area (Å²) in [6.45, 7) is 7.65. The van der Waals surface area contributed by atoms with Crippen LogP contribution in [0.1, 0.15) is 239 Å². The van der Waals surface area contributed by atoms with Crippen LogP contribution in [0.5, 0.6) is 0 Å². The summed E-state index contributed by atoms with van der Waals surface area (Å²) < 4.78 is 5.93. The molecule has 1 unspecified atom stereocenters. The van der Waals surface area contributed by atoms with Crippen LogP contribution in [-0.2, 0) is 9.53 Å². The van der Waals surface area contributed by atoms with E-state index in [0.717, 1.165) is 51.6 Å². The van der Waals surface area contributed by atoms with Crippen molar-refractivity contribution in [1.82, 2.24) is 16.0 Å². The van der Waals surface area contributed by atoms with Crippen LogP contribution >= 0.6 is 0 Å². The molecule has 1 atom stereocenters. The molecule has 2 amide bonds. The van der Waals surface area contributed by atoms with Gasteiger partial charge in [-0.2, -0.15) is 0 Å². The lowest BCUT2D eigenvalue weighted by Crippen LogP contribution is -2.44. The van der Waals surface area contributed by atoms with Crippen LogP contribution < -0.4 is 27.4 Å². The maximum atomic E-state index is 12.7. The summed E-state index contributed by atoms with van der Waals surface area (Å²) in [5.41, 5.74) is 11.6. The van der Waals surface area contributed by atoms with Crippen LogP contribution in [0.25, 0.3) is 0 Å². The van der Waals surface area contributed by atoms with Crippen molar-refractivity contribution in [2.75, 3.05) is 32.7 Å². The normalized spacial score (nSPS) is 12.0. The third-order valence-electron chi connectivity index (χ3n) is 11.0. The molecule has 0 aliphatic rings. The van der Waals surface area contributed by atoms with Gasteiger partial charge in [0, 0.05) is 13.1 Å². The molecule has 8 heteroatoms. The summed E-state index contributed by atoms with van der Waals surface area (Å²) in [7, 11) is 0. The van der Waals surface area contributed by atoms with Gasteiger partial charge in [0.15, 0.2) is 0 Å². The van der Waals surface area contributed by atoms with Crippen molar-refractivity contribution in [1.29, 1.82) is 0 Å². The summed E-state index contributed by atoms with van der Waals surface area (Å²) in [6.07, 6.45) is 44.5. The molecule has 0 aromatic heterocycles. The van der Waals surface area contributed by atoms with E-state index in [1.165, 1.54) is 180 Å². The van der Waals surface area contributed by atoms with Gasteiger partial charge in [-0.15, -0.1) is 0 Å². The number of amides is 2. The average molecular weight is 766 g/mol. The van der Waals surface area contributed by atoms with E-state index < -0.39 is 6.04 Å². The summed E-state index contributed by atoms with van der Waals surface area (Å²) in [4.78, 5) is 25.1. The van der Waals surface area contributed by atoms with Gasteiger partial charge in [0.05, 0.1) is 6.04 Å². The molecule has 0 fully saturated rings. The highest BCUT2D eigenvalue weighted by Gasteiger charge is 2.15. The molecule has 8 nitrogen and oxygen atoms in total. The van der Waals surface area contributed by atoms with Crippen molar-refractivity contribution in [3.63, 3.8) is 0 Å². The van der Waals surface area contributed by atoms with Gasteiger partial charge < -0.3 is 32.2 Å². The Kier molecular flexibility index (Phi) is 43.2. The highest BCUT2D eigenvalue weighted by molar-refractivity contribution is 5.81. The molecule has 0 aromatic carbocycles. The van der Waals surface area contributed by atoms with Crippen molar-refractivity contribution in [2.24, 2.45) is 11.5 Å². The Labute approximate surface area is 336 Å². The fourth-order valence-electron chi connectivity index (χ4n) is 7.35. The standard InChI is InChI=1S/C46H95N5O3/c1-3-5-7-9-11-13-15-17-19-21-23-25-27-29-31-35-43(36-32-30-28-26-24-22-20-18-16-14-12-10-8-6-4-2)54-46(53)51-42-41-50-45(52)44(48)37-33-39-49-40-34-38-47/h43-44,49H,3-42,47-48H2,1-2H3,(H,50,52)(H,51,53). The largest absolute Gasteiger partial charge is 0.446 e. The highest BCUT2D eigenvalue weighted by atomic mass is 16.6. The Morgan fingerprint density at radius 3 is 1.19 bits per heavy atom. The van der Waals surface area contributed by atoms with E-state index in [4.69, 9.17) is 16.2 Å². The number of alkyl carbamates (subject to hydrolysis) is 1. The van der Waals surface area contributed by atoms with Crippen LogP contribution in [0.4, 0.5) is 4.79 Å². The van der Waals surface area contributed by atoms with Crippen molar-refractivity contribution in [2.45, 2.75) is 251 Å². The minimum absolute atomic E-state index is 0.0320. The molecule has 0 radical (unpaired) electrons. The molecule has 0 spiro atoms. The minimum Gasteiger partial charge on any atom is -0.446 e. The first-order valence-corrected chi connectivity index (χ1v) is 23.9. The number of hydrogen-bond acceptors (Lipinski definition) is 6. The fraction of sp³-hybridized carbons (Fsp3) is 0.957. The smallest absolute Gasteiger partial charge is 0.407 e. The lowest BCUT2D eigenvalue weighted by atomic mass is 10.0. The summed E-state index contributed by atoms with van der Waals surface area (Å²) in [6, 6.07) is -0.539. The molecular formula is C46H95N5O3. The third-order valence-corrected chi connectivity index (χ3v) is 11.0. The molecule has 0 rings (SSSR count). The Balaban J connectivity index is 4.23. The lowest BCUT2D eigenvalue weighted by molar-refractivity contribution is -0.122.